The largest absolute Gasteiger partial charge is 0.383 e. The average molecular weight is 456 g/mol. The van der Waals surface area contributed by atoms with Gasteiger partial charge >= 0.3 is 5.69 Å². The van der Waals surface area contributed by atoms with Crippen molar-refractivity contribution >= 4 is 23.5 Å². The van der Waals surface area contributed by atoms with Crippen molar-refractivity contribution in [2.45, 2.75) is 6.54 Å². The van der Waals surface area contributed by atoms with Crippen molar-refractivity contribution in [2.75, 3.05) is 30.9 Å². The number of nitrogens with two attached hydrogens (primary N) is 1. The highest BCUT2D eigenvalue weighted by atomic mass is 19.1. The molecule has 0 atom stereocenters. The summed E-state index contributed by atoms with van der Waals surface area (Å²) in [5, 5.41) is 0. The van der Waals surface area contributed by atoms with Gasteiger partial charge in [-0.15, -0.1) is 0 Å². The van der Waals surface area contributed by atoms with Gasteiger partial charge < -0.3 is 10.5 Å². The minimum absolute atomic E-state index is 0.0321. The molecule has 33 heavy (non-hydrogen) atoms. The number of amides is 1. The topological polar surface area (TPSA) is 110 Å². The fourth-order valence-electron chi connectivity index (χ4n) is 3.19. The van der Waals surface area contributed by atoms with Gasteiger partial charge in [0.05, 0.1) is 13.2 Å². The van der Waals surface area contributed by atoms with Crippen molar-refractivity contribution in [3.8, 4) is 0 Å². The Morgan fingerprint density at radius 2 is 1.79 bits per heavy atom. The van der Waals surface area contributed by atoms with E-state index in [2.05, 4.69) is 4.98 Å². The highest BCUT2D eigenvalue weighted by molar-refractivity contribution is 6.05. The third kappa shape index (κ3) is 5.42. The van der Waals surface area contributed by atoms with Crippen LogP contribution in [0.3, 0.4) is 0 Å². The smallest absolute Gasteiger partial charge is 0.330 e. The molecule has 1 amide bonds. The van der Waals surface area contributed by atoms with E-state index in [1.54, 1.807) is 24.3 Å². The molecule has 0 unspecified atom stereocenters. The number of ether oxygens (including phenoxy) is 1. The number of aromatic amines is 1. The van der Waals surface area contributed by atoms with Crippen LogP contribution in [0.4, 0.5) is 20.3 Å². The number of hydrogen-bond donors (Lipinski definition) is 2. The molecule has 10 heteroatoms. The van der Waals surface area contributed by atoms with Gasteiger partial charge in [0.25, 0.3) is 11.5 Å². The van der Waals surface area contributed by atoms with Crippen LogP contribution in [0.15, 0.2) is 64.2 Å². The van der Waals surface area contributed by atoms with Gasteiger partial charge in [-0.1, -0.05) is 36.4 Å². The number of halogens is 2. The zero-order valence-electron chi connectivity index (χ0n) is 17.8. The number of nitrogens with one attached hydrogen (secondary N) is 1. The van der Waals surface area contributed by atoms with Crippen molar-refractivity contribution in [1.29, 1.82) is 0 Å². The molecule has 3 aromatic rings. The Bertz CT molecular complexity index is 1270. The first-order valence-corrected chi connectivity index (χ1v) is 9.92. The summed E-state index contributed by atoms with van der Waals surface area (Å²) in [5.41, 5.74) is 4.61. The minimum atomic E-state index is -0.878. The highest BCUT2D eigenvalue weighted by Gasteiger charge is 2.23. The Balaban J connectivity index is 2.04. The van der Waals surface area contributed by atoms with Gasteiger partial charge in [0.15, 0.2) is 5.69 Å². The Morgan fingerprint density at radius 3 is 2.42 bits per heavy atom. The van der Waals surface area contributed by atoms with Crippen LogP contribution in [0.5, 0.6) is 0 Å². The molecular formula is C23H22F2N4O4. The summed E-state index contributed by atoms with van der Waals surface area (Å²) < 4.78 is 34.0. The molecule has 3 N–H and O–H groups in total. The SMILES string of the molecule is COCCN(C(=O)/C=C/c1c(F)cccc1F)c1c(N)n(Cc2ccccc2)c(=O)[nH]c1=O. The Kier molecular flexibility index (Phi) is 7.52. The Hall–Kier alpha value is -4.05. The lowest BCUT2D eigenvalue weighted by Gasteiger charge is -2.23. The summed E-state index contributed by atoms with van der Waals surface area (Å²) >= 11 is 0. The lowest BCUT2D eigenvalue weighted by molar-refractivity contribution is -0.114. The molecule has 3 rings (SSSR count). The van der Waals surface area contributed by atoms with Crippen molar-refractivity contribution in [1.82, 2.24) is 9.55 Å². The van der Waals surface area contributed by atoms with Gasteiger partial charge in [-0.3, -0.25) is 24.0 Å². The number of methoxy groups -OCH3 is 1. The lowest BCUT2D eigenvalue weighted by Crippen LogP contribution is -2.42. The van der Waals surface area contributed by atoms with E-state index in [1.807, 2.05) is 6.07 Å². The van der Waals surface area contributed by atoms with Crippen LogP contribution in [-0.4, -0.2) is 35.7 Å². The van der Waals surface area contributed by atoms with E-state index < -0.39 is 34.4 Å². The summed E-state index contributed by atoms with van der Waals surface area (Å²) in [6.45, 7) is -0.0154. The van der Waals surface area contributed by atoms with Gasteiger partial charge in [-0.2, -0.15) is 0 Å². The first kappa shape index (κ1) is 23.6. The van der Waals surface area contributed by atoms with Gasteiger partial charge in [0.1, 0.15) is 17.5 Å². The monoisotopic (exact) mass is 456 g/mol. The van der Waals surface area contributed by atoms with Crippen LogP contribution in [0.1, 0.15) is 11.1 Å². The predicted molar refractivity (Wildman–Crippen MR) is 121 cm³/mol. The van der Waals surface area contributed by atoms with Crippen LogP contribution in [-0.2, 0) is 16.1 Å². The molecule has 0 bridgehead atoms. The molecule has 8 nitrogen and oxygen atoms in total. The summed E-state index contributed by atoms with van der Waals surface area (Å²) in [5.74, 6) is -2.72. The summed E-state index contributed by atoms with van der Waals surface area (Å²) in [6.07, 6.45) is 1.89. The van der Waals surface area contributed by atoms with Crippen molar-refractivity contribution in [3.05, 3.63) is 98.2 Å². The molecule has 0 aliphatic heterocycles. The van der Waals surface area contributed by atoms with E-state index in [0.717, 1.165) is 39.3 Å². The molecule has 0 aliphatic carbocycles. The summed E-state index contributed by atoms with van der Waals surface area (Å²) in [7, 11) is 1.40. The van der Waals surface area contributed by atoms with E-state index >= 15 is 0 Å². The van der Waals surface area contributed by atoms with E-state index in [0.29, 0.717) is 0 Å². The standard InChI is InChI=1S/C23H22F2N4O4/c1-33-13-12-28(19(30)11-10-16-17(24)8-5-9-18(16)25)20-21(26)29(23(32)27-22(20)31)14-15-6-3-2-4-7-15/h2-11H,12-14,26H2,1H3,(H,27,31,32)/b11-10+. The fraction of sp³-hybridized carbons (Fsp3) is 0.174. The number of benzene rings is 2. The number of anilines is 2. The van der Waals surface area contributed by atoms with Crippen molar-refractivity contribution < 1.29 is 18.3 Å². The predicted octanol–water partition coefficient (Wildman–Crippen LogP) is 2.14. The van der Waals surface area contributed by atoms with E-state index in [-0.39, 0.29) is 31.2 Å². The maximum Gasteiger partial charge on any atom is 0.330 e. The molecule has 0 radical (unpaired) electrons. The number of carbonyl (C=O) groups excluding carboxylic acids is 1. The maximum atomic E-state index is 13.9. The molecule has 0 spiro atoms. The molecule has 0 fully saturated rings. The first-order chi connectivity index (χ1) is 15.8. The Morgan fingerprint density at radius 1 is 1.12 bits per heavy atom. The number of H-pyrrole nitrogens is 1. The minimum Gasteiger partial charge on any atom is -0.383 e. The molecule has 0 aliphatic rings. The Labute approximate surface area is 187 Å². The number of nitrogen functional groups attached to an aromatic ring is 1. The molecule has 2 aromatic carbocycles. The molecule has 1 aromatic heterocycles. The number of rotatable bonds is 8. The number of nitrogens with zero attached hydrogens (tertiary/aromatic N) is 2. The highest BCUT2D eigenvalue weighted by Crippen LogP contribution is 2.19. The first-order valence-electron chi connectivity index (χ1n) is 9.92. The molecule has 172 valence electrons. The second kappa shape index (κ2) is 10.5. The molecule has 0 saturated heterocycles. The zero-order chi connectivity index (χ0) is 24.0. The molecular weight excluding hydrogens is 434 g/mol. The fourth-order valence-corrected chi connectivity index (χ4v) is 3.19. The zero-order valence-corrected chi connectivity index (χ0v) is 17.8. The second-order valence-electron chi connectivity index (χ2n) is 7.02. The average Bonchev–Trinajstić information content (AvgIpc) is 2.79. The molecule has 1 heterocycles. The molecule has 0 saturated carbocycles. The summed E-state index contributed by atoms with van der Waals surface area (Å²) in [6, 6.07) is 12.2. The van der Waals surface area contributed by atoms with Gasteiger partial charge in [0, 0.05) is 25.3 Å². The third-order valence-electron chi connectivity index (χ3n) is 4.84. The van der Waals surface area contributed by atoms with Crippen LogP contribution in [0, 0.1) is 11.6 Å². The van der Waals surface area contributed by atoms with Crippen LogP contribution >= 0.6 is 0 Å². The van der Waals surface area contributed by atoms with Crippen molar-refractivity contribution in [2.24, 2.45) is 0 Å². The normalized spacial score (nSPS) is 11.1. The number of aromatic nitrogens is 2. The second-order valence-corrected chi connectivity index (χ2v) is 7.02. The van der Waals surface area contributed by atoms with E-state index in [9.17, 15) is 23.2 Å². The van der Waals surface area contributed by atoms with Crippen LogP contribution < -0.4 is 21.9 Å². The van der Waals surface area contributed by atoms with Gasteiger partial charge in [-0.05, 0) is 23.8 Å². The van der Waals surface area contributed by atoms with E-state index in [4.69, 9.17) is 10.5 Å². The number of carbonyl (C=O) groups is 1. The lowest BCUT2D eigenvalue weighted by atomic mass is 10.2. The maximum absolute atomic E-state index is 13.9. The summed E-state index contributed by atoms with van der Waals surface area (Å²) in [4.78, 5) is 41.1. The van der Waals surface area contributed by atoms with Gasteiger partial charge in [0.2, 0.25) is 0 Å². The van der Waals surface area contributed by atoms with Crippen molar-refractivity contribution in [3.63, 3.8) is 0 Å². The van der Waals surface area contributed by atoms with Crippen LogP contribution in [0.2, 0.25) is 0 Å². The van der Waals surface area contributed by atoms with E-state index in [1.165, 1.54) is 13.2 Å². The quantitative estimate of drug-likeness (QED) is 0.505. The third-order valence-corrected chi connectivity index (χ3v) is 4.84. The number of hydrogen-bond acceptors (Lipinski definition) is 5. The van der Waals surface area contributed by atoms with Gasteiger partial charge in [-0.25, -0.2) is 13.6 Å². The van der Waals surface area contributed by atoms with Crippen LogP contribution in [0.25, 0.3) is 6.08 Å².